The number of carboxylic acid groups (broad SMARTS) is 1. The zero-order valence-electron chi connectivity index (χ0n) is 15.8. The molecule has 4 aliphatic carbocycles. The SMILES string of the molecule is O=C(O)c1cccc2[nH]c(-c3cccc(C45CC6CC(CC(C6)C4)C5)c3)nc12. The molecule has 4 aliphatic rings. The maximum atomic E-state index is 11.5. The number of aromatic nitrogens is 2. The van der Waals surface area contributed by atoms with Crippen LogP contribution in [0.3, 0.4) is 0 Å². The molecule has 142 valence electrons. The molecular formula is C24H24N2O2. The number of nitrogens with zero attached hydrogens (tertiary/aromatic N) is 1. The molecule has 0 atom stereocenters. The Morgan fingerprint density at radius 3 is 2.36 bits per heavy atom. The number of aromatic carboxylic acids is 1. The Hall–Kier alpha value is -2.62. The molecule has 0 spiro atoms. The minimum absolute atomic E-state index is 0.247. The number of carboxylic acids is 1. The Balaban J connectivity index is 1.43. The average molecular weight is 372 g/mol. The number of H-pyrrole nitrogens is 1. The second-order valence-corrected chi connectivity index (χ2v) is 9.37. The van der Waals surface area contributed by atoms with Gasteiger partial charge in [0.2, 0.25) is 0 Å². The van der Waals surface area contributed by atoms with Crippen molar-refractivity contribution in [2.24, 2.45) is 17.8 Å². The quantitative estimate of drug-likeness (QED) is 0.647. The van der Waals surface area contributed by atoms with E-state index in [0.717, 1.165) is 34.7 Å². The standard InChI is InChI=1S/C24H24N2O2/c27-23(28)19-5-2-6-20-21(19)26-22(25-20)17-3-1-4-18(10-17)24-11-14-7-15(12-24)9-16(8-14)13-24/h1-6,10,14-16H,7-9,11-13H2,(H,25,26)(H,27,28). The molecule has 0 saturated heterocycles. The Kier molecular flexibility index (Phi) is 3.32. The molecule has 4 nitrogen and oxygen atoms in total. The fourth-order valence-electron chi connectivity index (χ4n) is 6.80. The molecule has 4 heteroatoms. The van der Waals surface area contributed by atoms with E-state index in [2.05, 4.69) is 34.2 Å². The number of hydrogen-bond donors (Lipinski definition) is 2. The minimum atomic E-state index is -0.939. The van der Waals surface area contributed by atoms with Crippen LogP contribution in [0, 0.1) is 17.8 Å². The number of rotatable bonds is 3. The monoisotopic (exact) mass is 372 g/mol. The van der Waals surface area contributed by atoms with E-state index in [4.69, 9.17) is 0 Å². The number of carbonyl (C=O) groups is 1. The van der Waals surface area contributed by atoms with Crippen molar-refractivity contribution in [3.63, 3.8) is 0 Å². The molecule has 4 saturated carbocycles. The molecule has 2 N–H and O–H groups in total. The van der Waals surface area contributed by atoms with Crippen molar-refractivity contribution in [1.29, 1.82) is 0 Å². The molecule has 0 amide bonds. The number of aromatic amines is 1. The topological polar surface area (TPSA) is 66.0 Å². The third kappa shape index (κ3) is 2.36. The zero-order valence-corrected chi connectivity index (χ0v) is 15.8. The second-order valence-electron chi connectivity index (χ2n) is 9.37. The van der Waals surface area contributed by atoms with E-state index in [1.165, 1.54) is 44.1 Å². The molecule has 2 aromatic carbocycles. The lowest BCUT2D eigenvalue weighted by Gasteiger charge is -2.57. The van der Waals surface area contributed by atoms with Crippen molar-refractivity contribution in [2.45, 2.75) is 43.9 Å². The summed E-state index contributed by atoms with van der Waals surface area (Å²) in [4.78, 5) is 19.5. The average Bonchev–Trinajstić information content (AvgIpc) is 3.11. The van der Waals surface area contributed by atoms with Gasteiger partial charge in [-0.1, -0.05) is 24.3 Å². The van der Waals surface area contributed by atoms with E-state index in [-0.39, 0.29) is 5.56 Å². The van der Waals surface area contributed by atoms with Crippen molar-refractivity contribution in [3.05, 3.63) is 53.6 Å². The van der Waals surface area contributed by atoms with E-state index < -0.39 is 5.97 Å². The van der Waals surface area contributed by atoms with Crippen LogP contribution in [0.2, 0.25) is 0 Å². The highest BCUT2D eigenvalue weighted by Crippen LogP contribution is 2.60. The van der Waals surface area contributed by atoms with E-state index in [0.29, 0.717) is 10.9 Å². The van der Waals surface area contributed by atoms with Crippen LogP contribution in [-0.4, -0.2) is 21.0 Å². The van der Waals surface area contributed by atoms with Crippen molar-refractivity contribution in [3.8, 4) is 11.4 Å². The van der Waals surface area contributed by atoms with Crippen LogP contribution in [0.25, 0.3) is 22.4 Å². The number of nitrogens with one attached hydrogen (secondary N) is 1. The molecule has 1 aromatic heterocycles. The molecule has 0 radical (unpaired) electrons. The van der Waals surface area contributed by atoms with E-state index in [1.54, 1.807) is 12.1 Å². The lowest BCUT2D eigenvalue weighted by atomic mass is 9.48. The summed E-state index contributed by atoms with van der Waals surface area (Å²) in [6.07, 6.45) is 8.35. The predicted molar refractivity (Wildman–Crippen MR) is 108 cm³/mol. The van der Waals surface area contributed by atoms with Crippen LogP contribution in [0.5, 0.6) is 0 Å². The Bertz CT molecular complexity index is 1060. The van der Waals surface area contributed by atoms with Gasteiger partial charge < -0.3 is 10.1 Å². The maximum absolute atomic E-state index is 11.5. The first-order valence-corrected chi connectivity index (χ1v) is 10.4. The third-order valence-electron chi connectivity index (χ3n) is 7.53. The van der Waals surface area contributed by atoms with Crippen molar-refractivity contribution in [2.75, 3.05) is 0 Å². The molecule has 7 rings (SSSR count). The Morgan fingerprint density at radius 2 is 1.68 bits per heavy atom. The van der Waals surface area contributed by atoms with Gasteiger partial charge in [-0.3, -0.25) is 0 Å². The van der Waals surface area contributed by atoms with Gasteiger partial charge in [0.1, 0.15) is 11.3 Å². The number of hydrogen-bond acceptors (Lipinski definition) is 2. The molecule has 4 bridgehead atoms. The largest absolute Gasteiger partial charge is 0.478 e. The Morgan fingerprint density at radius 1 is 1.00 bits per heavy atom. The summed E-state index contributed by atoms with van der Waals surface area (Å²) in [5, 5.41) is 9.45. The summed E-state index contributed by atoms with van der Waals surface area (Å²) in [5.74, 6) is 2.57. The lowest BCUT2D eigenvalue weighted by molar-refractivity contribution is -0.00517. The summed E-state index contributed by atoms with van der Waals surface area (Å²) < 4.78 is 0. The van der Waals surface area contributed by atoms with Crippen molar-refractivity contribution in [1.82, 2.24) is 9.97 Å². The summed E-state index contributed by atoms with van der Waals surface area (Å²) in [6, 6.07) is 14.1. The highest BCUT2D eigenvalue weighted by molar-refractivity contribution is 6.01. The normalized spacial score (nSPS) is 30.8. The third-order valence-corrected chi connectivity index (χ3v) is 7.53. The second kappa shape index (κ2) is 5.69. The molecule has 4 fully saturated rings. The highest BCUT2D eigenvalue weighted by atomic mass is 16.4. The summed E-state index contributed by atoms with van der Waals surface area (Å²) in [7, 11) is 0. The van der Waals surface area contributed by atoms with Gasteiger partial charge in [0.25, 0.3) is 0 Å². The zero-order chi connectivity index (χ0) is 18.9. The summed E-state index contributed by atoms with van der Waals surface area (Å²) in [5.41, 5.74) is 4.42. The highest BCUT2D eigenvalue weighted by Gasteiger charge is 2.51. The van der Waals surface area contributed by atoms with E-state index in [9.17, 15) is 9.90 Å². The van der Waals surface area contributed by atoms with Crippen LogP contribution < -0.4 is 0 Å². The van der Waals surface area contributed by atoms with Gasteiger partial charge in [0.05, 0.1) is 11.1 Å². The first-order chi connectivity index (χ1) is 13.6. The fraction of sp³-hybridized carbons (Fsp3) is 0.417. The maximum Gasteiger partial charge on any atom is 0.337 e. The van der Waals surface area contributed by atoms with Gasteiger partial charge >= 0.3 is 5.97 Å². The number of benzene rings is 2. The van der Waals surface area contributed by atoms with Crippen LogP contribution >= 0.6 is 0 Å². The van der Waals surface area contributed by atoms with Crippen molar-refractivity contribution >= 4 is 17.0 Å². The summed E-state index contributed by atoms with van der Waals surface area (Å²) in [6.45, 7) is 0. The van der Waals surface area contributed by atoms with Crippen LogP contribution in [0.4, 0.5) is 0 Å². The molecule has 3 aromatic rings. The summed E-state index contributed by atoms with van der Waals surface area (Å²) >= 11 is 0. The minimum Gasteiger partial charge on any atom is -0.478 e. The van der Waals surface area contributed by atoms with E-state index in [1.807, 2.05) is 6.07 Å². The molecule has 28 heavy (non-hydrogen) atoms. The van der Waals surface area contributed by atoms with Gasteiger partial charge in [-0.25, -0.2) is 9.78 Å². The fourth-order valence-corrected chi connectivity index (χ4v) is 6.80. The van der Waals surface area contributed by atoms with Crippen molar-refractivity contribution < 1.29 is 9.90 Å². The van der Waals surface area contributed by atoms with Gasteiger partial charge in [0.15, 0.2) is 0 Å². The number of para-hydroxylation sites is 1. The number of fused-ring (bicyclic) bond motifs is 1. The van der Waals surface area contributed by atoms with Gasteiger partial charge in [0, 0.05) is 5.56 Å². The molecule has 0 aliphatic heterocycles. The van der Waals surface area contributed by atoms with Gasteiger partial charge in [-0.2, -0.15) is 0 Å². The van der Waals surface area contributed by atoms with E-state index >= 15 is 0 Å². The Labute approximate surface area is 164 Å². The van der Waals surface area contributed by atoms with Crippen LogP contribution in [0.15, 0.2) is 42.5 Å². The predicted octanol–water partition coefficient (Wildman–Crippen LogP) is 5.40. The van der Waals surface area contributed by atoms with Gasteiger partial charge in [-0.15, -0.1) is 0 Å². The smallest absolute Gasteiger partial charge is 0.337 e. The first-order valence-electron chi connectivity index (χ1n) is 10.4. The van der Waals surface area contributed by atoms with Crippen LogP contribution in [-0.2, 0) is 5.41 Å². The lowest BCUT2D eigenvalue weighted by Crippen LogP contribution is -2.48. The number of imidazole rings is 1. The molecular weight excluding hydrogens is 348 g/mol. The van der Waals surface area contributed by atoms with Crippen LogP contribution in [0.1, 0.15) is 54.4 Å². The molecule has 1 heterocycles. The van der Waals surface area contributed by atoms with Gasteiger partial charge in [-0.05, 0) is 85.5 Å². The first kappa shape index (κ1) is 16.3. The molecule has 0 unspecified atom stereocenters.